The van der Waals surface area contributed by atoms with Gasteiger partial charge in [-0.2, -0.15) is 0 Å². The molecule has 0 radical (unpaired) electrons. The first-order chi connectivity index (χ1) is 11.3. The van der Waals surface area contributed by atoms with E-state index in [2.05, 4.69) is 50.4 Å². The van der Waals surface area contributed by atoms with Crippen molar-refractivity contribution in [2.75, 3.05) is 0 Å². The van der Waals surface area contributed by atoms with Gasteiger partial charge in [-0.15, -0.1) is 0 Å². The van der Waals surface area contributed by atoms with Gasteiger partial charge in [-0.1, -0.05) is 45.0 Å². The quantitative estimate of drug-likeness (QED) is 0.850. The minimum atomic E-state index is -1.12. The molecule has 1 heterocycles. The fourth-order valence-corrected chi connectivity index (χ4v) is 2.29. The van der Waals surface area contributed by atoms with Crippen molar-refractivity contribution in [1.29, 1.82) is 0 Å². The van der Waals surface area contributed by atoms with Gasteiger partial charge in [0, 0.05) is 6.42 Å². The highest BCUT2D eigenvalue weighted by Crippen LogP contribution is 2.22. The van der Waals surface area contributed by atoms with Crippen LogP contribution in [0.1, 0.15) is 54.6 Å². The summed E-state index contributed by atoms with van der Waals surface area (Å²) in [4.78, 5) is 22.6. The Bertz CT molecular complexity index is 708. The molecule has 2 rings (SSSR count). The van der Waals surface area contributed by atoms with E-state index in [9.17, 15) is 9.59 Å². The van der Waals surface area contributed by atoms with E-state index in [4.69, 9.17) is 9.52 Å². The highest BCUT2D eigenvalue weighted by Gasteiger charge is 2.13. The lowest BCUT2D eigenvalue weighted by atomic mass is 9.86. The summed E-state index contributed by atoms with van der Waals surface area (Å²) < 4.78 is 5.09. The van der Waals surface area contributed by atoms with Crippen LogP contribution in [0.2, 0.25) is 0 Å². The summed E-state index contributed by atoms with van der Waals surface area (Å²) in [6.45, 7) is 6.69. The van der Waals surface area contributed by atoms with Crippen LogP contribution < -0.4 is 5.32 Å². The van der Waals surface area contributed by atoms with Gasteiger partial charge in [-0.3, -0.25) is 4.79 Å². The average molecular weight is 329 g/mol. The van der Waals surface area contributed by atoms with Gasteiger partial charge in [0.1, 0.15) is 5.76 Å². The lowest BCUT2D eigenvalue weighted by Crippen LogP contribution is -2.22. The highest BCUT2D eigenvalue weighted by atomic mass is 16.4. The Labute approximate surface area is 141 Å². The number of furan rings is 1. The molecule has 1 amide bonds. The second-order valence-corrected chi connectivity index (χ2v) is 6.79. The molecule has 0 aliphatic rings. The number of carboxylic acid groups (broad SMARTS) is 1. The number of benzene rings is 1. The van der Waals surface area contributed by atoms with E-state index >= 15 is 0 Å². The normalized spacial score (nSPS) is 11.3. The maximum absolute atomic E-state index is 11.9. The Balaban J connectivity index is 1.79. The van der Waals surface area contributed by atoms with Crippen molar-refractivity contribution in [1.82, 2.24) is 5.32 Å². The van der Waals surface area contributed by atoms with Gasteiger partial charge in [-0.25, -0.2) is 4.79 Å². The van der Waals surface area contributed by atoms with Crippen LogP contribution in [0.4, 0.5) is 0 Å². The minimum Gasteiger partial charge on any atom is -0.475 e. The SMILES string of the molecule is CC(C)(C)c1ccc(CCC(=O)NCc2ccc(C(=O)O)o2)cc1. The van der Waals surface area contributed by atoms with Crippen LogP contribution in [0.5, 0.6) is 0 Å². The smallest absolute Gasteiger partial charge is 0.371 e. The number of carbonyl (C=O) groups excluding carboxylic acids is 1. The van der Waals surface area contributed by atoms with E-state index < -0.39 is 5.97 Å². The summed E-state index contributed by atoms with van der Waals surface area (Å²) >= 11 is 0. The summed E-state index contributed by atoms with van der Waals surface area (Å²) in [6.07, 6.45) is 1.04. The molecule has 1 aromatic heterocycles. The van der Waals surface area contributed by atoms with Crippen LogP contribution in [0.3, 0.4) is 0 Å². The van der Waals surface area contributed by atoms with Crippen molar-refractivity contribution in [3.8, 4) is 0 Å². The number of amides is 1. The summed E-state index contributed by atoms with van der Waals surface area (Å²) in [6, 6.07) is 11.2. The van der Waals surface area contributed by atoms with E-state index in [1.54, 1.807) is 6.07 Å². The monoisotopic (exact) mass is 329 g/mol. The molecule has 5 nitrogen and oxygen atoms in total. The van der Waals surface area contributed by atoms with E-state index in [1.807, 2.05) is 0 Å². The van der Waals surface area contributed by atoms with E-state index in [-0.39, 0.29) is 23.6 Å². The van der Waals surface area contributed by atoms with Crippen LogP contribution >= 0.6 is 0 Å². The molecule has 1 aromatic carbocycles. The number of carbonyl (C=O) groups is 2. The second-order valence-electron chi connectivity index (χ2n) is 6.79. The molecule has 2 N–H and O–H groups in total. The Morgan fingerprint density at radius 3 is 2.29 bits per heavy atom. The molecule has 0 bridgehead atoms. The minimum absolute atomic E-state index is 0.0943. The molecule has 24 heavy (non-hydrogen) atoms. The summed E-state index contributed by atoms with van der Waals surface area (Å²) in [5, 5.41) is 11.5. The first-order valence-corrected chi connectivity index (χ1v) is 7.94. The number of rotatable bonds is 6. The molecular formula is C19H23NO4. The first kappa shape index (κ1) is 17.8. The van der Waals surface area contributed by atoms with Gasteiger partial charge in [0.15, 0.2) is 0 Å². The molecule has 128 valence electrons. The molecule has 0 saturated heterocycles. The average Bonchev–Trinajstić information content (AvgIpc) is 3.00. The summed E-state index contributed by atoms with van der Waals surface area (Å²) in [5.74, 6) is -0.914. The van der Waals surface area contributed by atoms with Gasteiger partial charge in [0.05, 0.1) is 6.54 Å². The number of nitrogens with one attached hydrogen (secondary N) is 1. The largest absolute Gasteiger partial charge is 0.475 e. The van der Waals surface area contributed by atoms with E-state index in [0.29, 0.717) is 18.6 Å². The molecule has 0 aliphatic heterocycles. The maximum Gasteiger partial charge on any atom is 0.371 e. The molecule has 0 spiro atoms. The predicted octanol–water partition coefficient (Wildman–Crippen LogP) is 3.52. The zero-order valence-corrected chi connectivity index (χ0v) is 14.3. The number of aromatic carboxylic acids is 1. The number of aryl methyl sites for hydroxylation is 1. The van der Waals surface area contributed by atoms with E-state index in [0.717, 1.165) is 5.56 Å². The molecule has 0 aliphatic carbocycles. The van der Waals surface area contributed by atoms with Crippen molar-refractivity contribution < 1.29 is 19.1 Å². The van der Waals surface area contributed by atoms with Gasteiger partial charge in [0.2, 0.25) is 11.7 Å². The lowest BCUT2D eigenvalue weighted by Gasteiger charge is -2.19. The molecule has 5 heteroatoms. The van der Waals surface area contributed by atoms with Gasteiger partial charge in [-0.05, 0) is 35.1 Å². The maximum atomic E-state index is 11.9. The number of hydrogen-bond acceptors (Lipinski definition) is 3. The molecule has 0 fully saturated rings. The summed E-state index contributed by atoms with van der Waals surface area (Å²) in [5.41, 5.74) is 2.50. The van der Waals surface area contributed by atoms with Crippen LogP contribution in [-0.2, 0) is 23.2 Å². The Kier molecular flexibility index (Phi) is 5.44. The van der Waals surface area contributed by atoms with Crippen LogP contribution in [0.25, 0.3) is 0 Å². The Hall–Kier alpha value is -2.56. The molecular weight excluding hydrogens is 306 g/mol. The first-order valence-electron chi connectivity index (χ1n) is 7.94. The molecule has 0 saturated carbocycles. The number of hydrogen-bond donors (Lipinski definition) is 2. The molecule has 2 aromatic rings. The zero-order chi connectivity index (χ0) is 17.7. The third-order valence-electron chi connectivity index (χ3n) is 3.79. The van der Waals surface area contributed by atoms with E-state index in [1.165, 1.54) is 11.6 Å². The van der Waals surface area contributed by atoms with Crippen molar-refractivity contribution in [3.05, 3.63) is 59.0 Å². The third-order valence-corrected chi connectivity index (χ3v) is 3.79. The highest BCUT2D eigenvalue weighted by molar-refractivity contribution is 5.84. The fourth-order valence-electron chi connectivity index (χ4n) is 2.29. The van der Waals surface area contributed by atoms with Gasteiger partial charge < -0.3 is 14.8 Å². The fraction of sp³-hybridized carbons (Fsp3) is 0.368. The van der Waals surface area contributed by atoms with Crippen LogP contribution in [-0.4, -0.2) is 17.0 Å². The van der Waals surface area contributed by atoms with Crippen molar-refractivity contribution in [3.63, 3.8) is 0 Å². The standard InChI is InChI=1S/C19H23NO4/c1-19(2,3)14-7-4-13(5-8-14)6-11-17(21)20-12-15-9-10-16(24-15)18(22)23/h4-5,7-10H,6,11-12H2,1-3H3,(H,20,21)(H,22,23). The van der Waals surface area contributed by atoms with Crippen molar-refractivity contribution >= 4 is 11.9 Å². The summed E-state index contributed by atoms with van der Waals surface area (Å²) in [7, 11) is 0. The topological polar surface area (TPSA) is 79.5 Å². The predicted molar refractivity (Wildman–Crippen MR) is 91.0 cm³/mol. The Morgan fingerprint density at radius 1 is 1.08 bits per heavy atom. The van der Waals surface area contributed by atoms with Crippen LogP contribution in [0, 0.1) is 0 Å². The Morgan fingerprint density at radius 2 is 1.75 bits per heavy atom. The second kappa shape index (κ2) is 7.34. The lowest BCUT2D eigenvalue weighted by molar-refractivity contribution is -0.121. The van der Waals surface area contributed by atoms with Gasteiger partial charge >= 0.3 is 5.97 Å². The third kappa shape index (κ3) is 4.98. The van der Waals surface area contributed by atoms with Crippen LogP contribution in [0.15, 0.2) is 40.8 Å². The zero-order valence-electron chi connectivity index (χ0n) is 14.3. The van der Waals surface area contributed by atoms with Crippen molar-refractivity contribution in [2.24, 2.45) is 0 Å². The molecule has 0 unspecified atom stereocenters. The van der Waals surface area contributed by atoms with Crippen molar-refractivity contribution in [2.45, 2.75) is 45.6 Å². The number of carboxylic acids is 1. The van der Waals surface area contributed by atoms with Gasteiger partial charge in [0.25, 0.3) is 0 Å². The molecule has 0 atom stereocenters.